The van der Waals surface area contributed by atoms with E-state index < -0.39 is 23.8 Å². The van der Waals surface area contributed by atoms with Crippen LogP contribution < -0.4 is 5.32 Å². The summed E-state index contributed by atoms with van der Waals surface area (Å²) in [5.74, 6) is -1.77. The summed E-state index contributed by atoms with van der Waals surface area (Å²) in [4.78, 5) is 36.0. The van der Waals surface area contributed by atoms with Crippen LogP contribution in [0.3, 0.4) is 0 Å². The second-order valence-corrected chi connectivity index (χ2v) is 7.28. The molecule has 0 aliphatic rings. The van der Waals surface area contributed by atoms with Gasteiger partial charge in [0.15, 0.2) is 6.61 Å². The van der Waals surface area contributed by atoms with Crippen LogP contribution in [0.1, 0.15) is 41.3 Å². The number of carbonyl (C=O) groups is 3. The lowest BCUT2D eigenvalue weighted by Crippen LogP contribution is -2.30. The van der Waals surface area contributed by atoms with Crippen LogP contribution in [0, 0.1) is 5.92 Å². The van der Waals surface area contributed by atoms with Crippen LogP contribution in [0.25, 0.3) is 0 Å². The third-order valence-electron chi connectivity index (χ3n) is 4.36. The van der Waals surface area contributed by atoms with Gasteiger partial charge in [0.1, 0.15) is 0 Å². The highest BCUT2D eigenvalue weighted by Gasteiger charge is 2.26. The third-order valence-corrected chi connectivity index (χ3v) is 4.61. The van der Waals surface area contributed by atoms with E-state index in [0.717, 1.165) is 11.1 Å². The van der Waals surface area contributed by atoms with Crippen molar-refractivity contribution in [2.75, 3.05) is 13.7 Å². The van der Waals surface area contributed by atoms with Gasteiger partial charge >= 0.3 is 11.9 Å². The quantitative estimate of drug-likeness (QED) is 0.662. The summed E-state index contributed by atoms with van der Waals surface area (Å²) in [6, 6.07) is 13.7. The van der Waals surface area contributed by atoms with Crippen molar-refractivity contribution in [3.63, 3.8) is 0 Å². The van der Waals surface area contributed by atoms with Crippen LogP contribution in [0.4, 0.5) is 0 Å². The smallest absolute Gasteiger partial charge is 0.337 e. The first kappa shape index (κ1) is 22.4. The Morgan fingerprint density at radius 3 is 2.17 bits per heavy atom. The van der Waals surface area contributed by atoms with Crippen LogP contribution in [-0.4, -0.2) is 31.6 Å². The van der Waals surface area contributed by atoms with Crippen molar-refractivity contribution in [3.8, 4) is 0 Å². The summed E-state index contributed by atoms with van der Waals surface area (Å²) in [5.41, 5.74) is 2.03. The normalized spacial score (nSPS) is 11.6. The molecule has 1 atom stereocenters. The minimum absolute atomic E-state index is 0.0000575. The molecule has 0 spiro atoms. The molecule has 0 bridgehead atoms. The summed E-state index contributed by atoms with van der Waals surface area (Å²) in [6.07, 6.45) is 0. The summed E-state index contributed by atoms with van der Waals surface area (Å²) >= 11 is 5.90. The number of nitrogens with one attached hydrogen (secondary N) is 1. The Labute approximate surface area is 175 Å². The van der Waals surface area contributed by atoms with Gasteiger partial charge < -0.3 is 14.8 Å². The Morgan fingerprint density at radius 2 is 1.62 bits per heavy atom. The van der Waals surface area contributed by atoms with Gasteiger partial charge in [0.2, 0.25) is 0 Å². The average Bonchev–Trinajstić information content (AvgIpc) is 2.71. The first-order valence-electron chi connectivity index (χ1n) is 9.18. The van der Waals surface area contributed by atoms with E-state index in [9.17, 15) is 14.4 Å². The molecule has 1 amide bonds. The monoisotopic (exact) mass is 417 g/mol. The molecule has 2 aromatic rings. The molecule has 6 nitrogen and oxygen atoms in total. The zero-order chi connectivity index (χ0) is 21.4. The predicted octanol–water partition coefficient (Wildman–Crippen LogP) is 3.73. The Kier molecular flexibility index (Phi) is 8.21. The third kappa shape index (κ3) is 6.61. The second kappa shape index (κ2) is 10.6. The number of hydrogen-bond acceptors (Lipinski definition) is 5. The fourth-order valence-corrected chi connectivity index (χ4v) is 2.94. The highest BCUT2D eigenvalue weighted by molar-refractivity contribution is 6.30. The summed E-state index contributed by atoms with van der Waals surface area (Å²) in [5, 5.41) is 3.27. The van der Waals surface area contributed by atoms with Gasteiger partial charge in [-0.1, -0.05) is 49.7 Å². The number of amides is 1. The maximum absolute atomic E-state index is 12.5. The van der Waals surface area contributed by atoms with Gasteiger partial charge in [0, 0.05) is 11.6 Å². The molecule has 29 heavy (non-hydrogen) atoms. The number of hydrogen-bond donors (Lipinski definition) is 1. The van der Waals surface area contributed by atoms with Crippen molar-refractivity contribution in [2.45, 2.75) is 26.3 Å². The van der Waals surface area contributed by atoms with Crippen molar-refractivity contribution >= 4 is 29.4 Å². The van der Waals surface area contributed by atoms with Crippen LogP contribution in [0.5, 0.6) is 0 Å². The van der Waals surface area contributed by atoms with Gasteiger partial charge in [-0.3, -0.25) is 9.59 Å². The van der Waals surface area contributed by atoms with Crippen molar-refractivity contribution in [3.05, 3.63) is 70.2 Å². The van der Waals surface area contributed by atoms with Crippen LogP contribution >= 0.6 is 11.6 Å². The molecule has 0 radical (unpaired) electrons. The molecule has 0 heterocycles. The van der Waals surface area contributed by atoms with E-state index in [1.165, 1.54) is 7.11 Å². The summed E-state index contributed by atoms with van der Waals surface area (Å²) < 4.78 is 9.86. The Hall–Kier alpha value is -2.86. The van der Waals surface area contributed by atoms with Crippen molar-refractivity contribution < 1.29 is 23.9 Å². The maximum atomic E-state index is 12.5. The lowest BCUT2D eigenvalue weighted by Gasteiger charge is -2.20. The minimum atomic E-state index is -0.481. The molecular formula is C22H24ClNO5. The molecule has 0 saturated heterocycles. The number of methoxy groups -OCH3 is 1. The molecule has 0 saturated carbocycles. The number of esters is 2. The zero-order valence-electron chi connectivity index (χ0n) is 16.6. The molecule has 2 aromatic carbocycles. The highest BCUT2D eigenvalue weighted by atomic mass is 35.5. The lowest BCUT2D eigenvalue weighted by molar-refractivity contribution is -0.151. The van der Waals surface area contributed by atoms with Gasteiger partial charge in [-0.05, 0) is 41.3 Å². The lowest BCUT2D eigenvalue weighted by atomic mass is 9.88. The first-order chi connectivity index (χ1) is 13.8. The molecule has 0 unspecified atom stereocenters. The number of halogens is 1. The molecule has 7 heteroatoms. The van der Waals surface area contributed by atoms with E-state index in [1.54, 1.807) is 48.5 Å². The number of rotatable bonds is 8. The Bertz CT molecular complexity index is 847. The molecule has 0 aliphatic heterocycles. The largest absolute Gasteiger partial charge is 0.465 e. The Balaban J connectivity index is 1.86. The first-order valence-corrected chi connectivity index (χ1v) is 9.55. The van der Waals surface area contributed by atoms with Crippen molar-refractivity contribution in [2.24, 2.45) is 5.92 Å². The van der Waals surface area contributed by atoms with Gasteiger partial charge in [-0.25, -0.2) is 4.79 Å². The van der Waals surface area contributed by atoms with Crippen molar-refractivity contribution in [1.82, 2.24) is 5.32 Å². The van der Waals surface area contributed by atoms with Crippen LogP contribution in [0.2, 0.25) is 5.02 Å². The average molecular weight is 418 g/mol. The van der Waals surface area contributed by atoms with Gasteiger partial charge in [-0.15, -0.1) is 0 Å². The van der Waals surface area contributed by atoms with E-state index in [1.807, 2.05) is 13.8 Å². The Morgan fingerprint density at radius 1 is 1.00 bits per heavy atom. The van der Waals surface area contributed by atoms with E-state index in [-0.39, 0.29) is 19.1 Å². The zero-order valence-corrected chi connectivity index (χ0v) is 17.4. The highest BCUT2D eigenvalue weighted by Crippen LogP contribution is 2.27. The molecule has 0 aliphatic carbocycles. The van der Waals surface area contributed by atoms with Crippen molar-refractivity contribution in [1.29, 1.82) is 0 Å². The van der Waals surface area contributed by atoms with Gasteiger partial charge in [-0.2, -0.15) is 0 Å². The van der Waals surface area contributed by atoms with Crippen LogP contribution in [-0.2, 0) is 25.6 Å². The maximum Gasteiger partial charge on any atom is 0.337 e. The van der Waals surface area contributed by atoms with Crippen LogP contribution in [0.15, 0.2) is 48.5 Å². The predicted molar refractivity (Wildman–Crippen MR) is 110 cm³/mol. The summed E-state index contributed by atoms with van der Waals surface area (Å²) in [7, 11) is 1.31. The molecule has 154 valence electrons. The number of benzene rings is 2. The summed E-state index contributed by atoms with van der Waals surface area (Å²) in [6.45, 7) is 3.72. The van der Waals surface area contributed by atoms with Gasteiger partial charge in [0.25, 0.3) is 5.91 Å². The van der Waals surface area contributed by atoms with E-state index >= 15 is 0 Å². The SMILES string of the molecule is COC(=O)c1ccc(CNC(=O)COC(=O)[C@H](c2ccc(Cl)cc2)C(C)C)cc1. The second-order valence-electron chi connectivity index (χ2n) is 6.85. The fourth-order valence-electron chi connectivity index (χ4n) is 2.82. The van der Waals surface area contributed by atoms with E-state index in [4.69, 9.17) is 16.3 Å². The van der Waals surface area contributed by atoms with E-state index in [0.29, 0.717) is 10.6 Å². The molecule has 0 aromatic heterocycles. The number of carbonyl (C=O) groups excluding carboxylic acids is 3. The molecule has 0 fully saturated rings. The standard InChI is InChI=1S/C22H24ClNO5/c1-14(2)20(16-8-10-18(23)11-9-16)22(27)29-13-19(25)24-12-15-4-6-17(7-5-15)21(26)28-3/h4-11,14,20H,12-13H2,1-3H3,(H,24,25)/t20-/m0/s1. The topological polar surface area (TPSA) is 81.7 Å². The minimum Gasteiger partial charge on any atom is -0.465 e. The molecule has 2 rings (SSSR count). The fraction of sp³-hybridized carbons (Fsp3) is 0.318. The molecule has 1 N–H and O–H groups in total. The molecular weight excluding hydrogens is 394 g/mol. The number of ether oxygens (including phenoxy) is 2. The van der Waals surface area contributed by atoms with Gasteiger partial charge in [0.05, 0.1) is 18.6 Å². The van der Waals surface area contributed by atoms with E-state index in [2.05, 4.69) is 10.1 Å².